The summed E-state index contributed by atoms with van der Waals surface area (Å²) < 4.78 is 53.9. The van der Waals surface area contributed by atoms with Crippen LogP contribution in [0.1, 0.15) is 25.7 Å². The molecular formula is C20H25F2N3O4S. The van der Waals surface area contributed by atoms with Gasteiger partial charge in [0.25, 0.3) is 0 Å². The maximum Gasteiger partial charge on any atom is 0.246 e. The zero-order valence-electron chi connectivity index (χ0n) is 16.6. The number of sulfonamides is 1. The van der Waals surface area contributed by atoms with E-state index in [-0.39, 0.29) is 49.8 Å². The first kappa shape index (κ1) is 21.2. The van der Waals surface area contributed by atoms with Crippen molar-refractivity contribution < 1.29 is 26.8 Å². The number of benzene rings is 1. The minimum Gasteiger partial charge on any atom is -0.342 e. The molecule has 0 radical (unpaired) electrons. The summed E-state index contributed by atoms with van der Waals surface area (Å²) in [6.45, 7) is 1.50. The average molecular weight is 442 g/mol. The van der Waals surface area contributed by atoms with Crippen LogP contribution >= 0.6 is 0 Å². The molecule has 1 aromatic carbocycles. The quantitative estimate of drug-likeness (QED) is 0.709. The van der Waals surface area contributed by atoms with E-state index < -0.39 is 26.6 Å². The number of piperidine rings is 1. The summed E-state index contributed by atoms with van der Waals surface area (Å²) in [7, 11) is -4.18. The Morgan fingerprint density at radius 3 is 2.20 bits per heavy atom. The third-order valence-corrected chi connectivity index (χ3v) is 7.98. The molecule has 2 amide bonds. The van der Waals surface area contributed by atoms with E-state index in [4.69, 9.17) is 0 Å². The number of piperazine rings is 1. The van der Waals surface area contributed by atoms with Crippen LogP contribution in [0.3, 0.4) is 0 Å². The monoisotopic (exact) mass is 441 g/mol. The number of carbonyl (C=O) groups excluding carboxylic acids is 2. The fourth-order valence-electron chi connectivity index (χ4n) is 4.19. The Bertz CT molecular complexity index is 943. The summed E-state index contributed by atoms with van der Waals surface area (Å²) in [4.78, 5) is 28.0. The SMILES string of the molecule is O=C(C1CCCN(C(=O)C2CC2)C1)N1CCN(S(=O)(=O)c2cc(F)ccc2F)CC1. The van der Waals surface area contributed by atoms with E-state index in [2.05, 4.69) is 0 Å². The van der Waals surface area contributed by atoms with E-state index in [1.165, 1.54) is 0 Å². The molecule has 0 aromatic heterocycles. The lowest BCUT2D eigenvalue weighted by molar-refractivity contribution is -0.142. The standard InChI is InChI=1S/C20H25F2N3O4S/c21-16-5-6-17(22)18(12-16)30(28,29)25-10-8-23(9-11-25)20(27)15-2-1-7-24(13-15)19(26)14-3-4-14/h5-6,12,14-15H,1-4,7-11,13H2. The maximum absolute atomic E-state index is 14.0. The second kappa shape index (κ2) is 8.22. The molecule has 0 bridgehead atoms. The normalized spacial score (nSPS) is 23.5. The predicted octanol–water partition coefficient (Wildman–Crippen LogP) is 1.45. The van der Waals surface area contributed by atoms with Gasteiger partial charge in [-0.3, -0.25) is 9.59 Å². The van der Waals surface area contributed by atoms with Gasteiger partial charge in [0.05, 0.1) is 5.92 Å². The van der Waals surface area contributed by atoms with E-state index in [1.807, 2.05) is 0 Å². The highest BCUT2D eigenvalue weighted by Crippen LogP contribution is 2.33. The van der Waals surface area contributed by atoms with Crippen molar-refractivity contribution in [2.24, 2.45) is 11.8 Å². The van der Waals surface area contributed by atoms with Gasteiger partial charge in [-0.1, -0.05) is 0 Å². The van der Waals surface area contributed by atoms with Crippen molar-refractivity contribution in [3.8, 4) is 0 Å². The Kier molecular flexibility index (Phi) is 5.80. The van der Waals surface area contributed by atoms with Gasteiger partial charge in [-0.2, -0.15) is 4.31 Å². The third-order valence-electron chi connectivity index (χ3n) is 6.07. The zero-order valence-corrected chi connectivity index (χ0v) is 17.4. The van der Waals surface area contributed by atoms with Crippen molar-refractivity contribution in [1.29, 1.82) is 0 Å². The second-order valence-corrected chi connectivity index (χ2v) is 10.1. The second-order valence-electron chi connectivity index (χ2n) is 8.20. The highest BCUT2D eigenvalue weighted by molar-refractivity contribution is 7.89. The minimum absolute atomic E-state index is 0.0153. The van der Waals surface area contributed by atoms with Crippen LogP contribution in [0, 0.1) is 23.5 Å². The third kappa shape index (κ3) is 4.20. The molecule has 4 rings (SSSR count). The van der Waals surface area contributed by atoms with Gasteiger partial charge in [0, 0.05) is 45.2 Å². The summed E-state index contributed by atoms with van der Waals surface area (Å²) >= 11 is 0. The molecule has 7 nitrogen and oxygen atoms in total. The smallest absolute Gasteiger partial charge is 0.246 e. The molecule has 3 aliphatic rings. The summed E-state index contributed by atoms with van der Waals surface area (Å²) in [6, 6.07) is 2.34. The van der Waals surface area contributed by atoms with Crippen LogP contribution in [-0.2, 0) is 19.6 Å². The van der Waals surface area contributed by atoms with E-state index in [9.17, 15) is 26.8 Å². The number of hydrogen-bond acceptors (Lipinski definition) is 4. The van der Waals surface area contributed by atoms with Crippen molar-refractivity contribution in [2.45, 2.75) is 30.6 Å². The molecular weight excluding hydrogens is 416 g/mol. The summed E-state index contributed by atoms with van der Waals surface area (Å²) in [5, 5.41) is 0. The Morgan fingerprint density at radius 2 is 1.53 bits per heavy atom. The number of amides is 2. The van der Waals surface area contributed by atoms with Crippen molar-refractivity contribution in [3.05, 3.63) is 29.8 Å². The van der Waals surface area contributed by atoms with Crippen molar-refractivity contribution in [2.75, 3.05) is 39.3 Å². The van der Waals surface area contributed by atoms with Crippen LogP contribution in [0.5, 0.6) is 0 Å². The summed E-state index contributed by atoms with van der Waals surface area (Å²) in [5.41, 5.74) is 0. The Morgan fingerprint density at radius 1 is 0.867 bits per heavy atom. The van der Waals surface area contributed by atoms with E-state index in [1.54, 1.807) is 9.80 Å². The molecule has 1 aliphatic carbocycles. The van der Waals surface area contributed by atoms with Gasteiger partial charge in [-0.15, -0.1) is 0 Å². The molecule has 1 aromatic rings. The molecule has 10 heteroatoms. The molecule has 2 saturated heterocycles. The fraction of sp³-hybridized carbons (Fsp3) is 0.600. The molecule has 1 saturated carbocycles. The van der Waals surface area contributed by atoms with E-state index in [0.717, 1.165) is 35.7 Å². The number of nitrogens with zero attached hydrogens (tertiary/aromatic N) is 3. The molecule has 2 heterocycles. The lowest BCUT2D eigenvalue weighted by Gasteiger charge is -2.38. The lowest BCUT2D eigenvalue weighted by Crippen LogP contribution is -2.54. The maximum atomic E-state index is 14.0. The lowest BCUT2D eigenvalue weighted by atomic mass is 9.96. The topological polar surface area (TPSA) is 78.0 Å². The predicted molar refractivity (Wildman–Crippen MR) is 104 cm³/mol. The van der Waals surface area contributed by atoms with Crippen molar-refractivity contribution in [3.63, 3.8) is 0 Å². The van der Waals surface area contributed by atoms with Crippen LogP contribution < -0.4 is 0 Å². The number of hydrogen-bond donors (Lipinski definition) is 0. The first-order chi connectivity index (χ1) is 14.3. The first-order valence-corrected chi connectivity index (χ1v) is 11.7. The molecule has 1 atom stereocenters. The number of rotatable bonds is 4. The molecule has 164 valence electrons. The molecule has 3 fully saturated rings. The van der Waals surface area contributed by atoms with Crippen LogP contribution in [0.15, 0.2) is 23.1 Å². The van der Waals surface area contributed by atoms with E-state index in [0.29, 0.717) is 25.6 Å². The number of carbonyl (C=O) groups is 2. The average Bonchev–Trinajstić information content (AvgIpc) is 3.60. The van der Waals surface area contributed by atoms with Gasteiger partial charge in [0.2, 0.25) is 21.8 Å². The fourth-order valence-corrected chi connectivity index (χ4v) is 5.69. The number of halogens is 2. The van der Waals surface area contributed by atoms with Crippen LogP contribution in [0.4, 0.5) is 8.78 Å². The van der Waals surface area contributed by atoms with Gasteiger partial charge in [-0.05, 0) is 43.9 Å². The molecule has 30 heavy (non-hydrogen) atoms. The molecule has 0 spiro atoms. The van der Waals surface area contributed by atoms with Crippen molar-refractivity contribution in [1.82, 2.24) is 14.1 Å². The van der Waals surface area contributed by atoms with Gasteiger partial charge in [0.1, 0.15) is 16.5 Å². The van der Waals surface area contributed by atoms with Gasteiger partial charge >= 0.3 is 0 Å². The van der Waals surface area contributed by atoms with Crippen LogP contribution in [0.25, 0.3) is 0 Å². The Labute approximate surface area is 174 Å². The number of likely N-dealkylation sites (tertiary alicyclic amines) is 1. The largest absolute Gasteiger partial charge is 0.342 e. The minimum atomic E-state index is -4.18. The van der Waals surface area contributed by atoms with E-state index >= 15 is 0 Å². The highest BCUT2D eigenvalue weighted by Gasteiger charge is 2.39. The van der Waals surface area contributed by atoms with Crippen LogP contribution in [0.2, 0.25) is 0 Å². The van der Waals surface area contributed by atoms with Gasteiger partial charge in [0.15, 0.2) is 0 Å². The zero-order chi connectivity index (χ0) is 21.5. The van der Waals surface area contributed by atoms with Crippen molar-refractivity contribution >= 4 is 21.8 Å². The summed E-state index contributed by atoms with van der Waals surface area (Å²) in [5.74, 6) is -1.91. The Hall–Kier alpha value is -2.07. The highest BCUT2D eigenvalue weighted by atomic mass is 32.2. The van der Waals surface area contributed by atoms with Crippen LogP contribution in [-0.4, -0.2) is 73.6 Å². The summed E-state index contributed by atoms with van der Waals surface area (Å²) in [6.07, 6.45) is 3.34. The molecule has 1 unspecified atom stereocenters. The van der Waals surface area contributed by atoms with Gasteiger partial charge < -0.3 is 9.80 Å². The van der Waals surface area contributed by atoms with Gasteiger partial charge in [-0.25, -0.2) is 17.2 Å². The molecule has 2 aliphatic heterocycles. The first-order valence-electron chi connectivity index (χ1n) is 10.3. The molecule has 0 N–H and O–H groups in total. The Balaban J connectivity index is 1.37.